The molecular weight excluding hydrogens is 400 g/mol. The number of carboxylic acids is 1. The monoisotopic (exact) mass is 436 g/mol. The molecule has 0 amide bonds. The lowest BCUT2D eigenvalue weighted by molar-refractivity contribution is 0.0697. The smallest absolute Gasteiger partial charge is 0.335 e. The Morgan fingerprint density at radius 1 is 0.969 bits per heavy atom. The van der Waals surface area contributed by atoms with Gasteiger partial charge in [-0.3, -0.25) is 0 Å². The second kappa shape index (κ2) is 10.7. The van der Waals surface area contributed by atoms with Crippen LogP contribution in [-0.2, 0) is 5.41 Å². The second-order valence-electron chi connectivity index (χ2n) is 9.34. The van der Waals surface area contributed by atoms with Gasteiger partial charge in [-0.1, -0.05) is 71.8 Å². The molecule has 0 fully saturated rings. The van der Waals surface area contributed by atoms with E-state index in [4.69, 9.17) is 9.15 Å². The number of rotatable bonds is 12. The molecule has 2 aromatic carbocycles. The number of benzene rings is 2. The van der Waals surface area contributed by atoms with Crippen molar-refractivity contribution in [2.75, 3.05) is 7.11 Å². The lowest BCUT2D eigenvalue weighted by Gasteiger charge is -2.28. The van der Waals surface area contributed by atoms with Gasteiger partial charge in [-0.05, 0) is 48.2 Å². The molecule has 1 aromatic heterocycles. The molecule has 0 aliphatic rings. The highest BCUT2D eigenvalue weighted by Crippen LogP contribution is 2.39. The fourth-order valence-corrected chi connectivity index (χ4v) is 4.36. The van der Waals surface area contributed by atoms with Crippen LogP contribution in [0.1, 0.15) is 88.1 Å². The predicted molar refractivity (Wildman–Crippen MR) is 131 cm³/mol. The van der Waals surface area contributed by atoms with Crippen molar-refractivity contribution in [3.63, 3.8) is 0 Å². The summed E-state index contributed by atoms with van der Waals surface area (Å²) in [5.74, 6) is 0.674. The van der Waals surface area contributed by atoms with Crippen LogP contribution in [0.25, 0.3) is 22.3 Å². The van der Waals surface area contributed by atoms with Crippen molar-refractivity contribution < 1.29 is 19.1 Å². The zero-order valence-corrected chi connectivity index (χ0v) is 19.9. The van der Waals surface area contributed by atoms with E-state index in [-0.39, 0.29) is 11.0 Å². The van der Waals surface area contributed by atoms with Gasteiger partial charge in [0.1, 0.15) is 17.1 Å². The first-order chi connectivity index (χ1) is 15.4. The van der Waals surface area contributed by atoms with Crippen LogP contribution in [0, 0.1) is 0 Å². The fraction of sp³-hybridized carbons (Fsp3) is 0.464. The topological polar surface area (TPSA) is 59.7 Å². The van der Waals surface area contributed by atoms with E-state index in [0.29, 0.717) is 5.58 Å². The van der Waals surface area contributed by atoms with Crippen LogP contribution in [-0.4, -0.2) is 18.2 Å². The van der Waals surface area contributed by atoms with Gasteiger partial charge in [0.25, 0.3) is 0 Å². The van der Waals surface area contributed by atoms with Crippen molar-refractivity contribution in [3.8, 4) is 17.1 Å². The molecule has 1 heterocycles. The van der Waals surface area contributed by atoms with Gasteiger partial charge in [-0.2, -0.15) is 0 Å². The van der Waals surface area contributed by atoms with E-state index < -0.39 is 5.97 Å². The molecule has 3 rings (SSSR count). The number of furan rings is 1. The Morgan fingerprint density at radius 2 is 1.69 bits per heavy atom. The number of fused-ring (bicyclic) bond motifs is 1. The third-order valence-electron chi connectivity index (χ3n) is 6.39. The molecule has 172 valence electrons. The number of aromatic carboxylic acids is 1. The van der Waals surface area contributed by atoms with Crippen molar-refractivity contribution in [2.45, 2.75) is 77.6 Å². The fourth-order valence-electron chi connectivity index (χ4n) is 4.36. The highest BCUT2D eigenvalue weighted by molar-refractivity contribution is 5.93. The summed E-state index contributed by atoms with van der Waals surface area (Å²) in [6.45, 7) is 6.82. The first-order valence-corrected chi connectivity index (χ1v) is 11.8. The molecule has 1 N–H and O–H groups in total. The highest BCUT2D eigenvalue weighted by atomic mass is 16.5. The molecule has 0 bridgehead atoms. The Bertz CT molecular complexity index is 1040. The van der Waals surface area contributed by atoms with Gasteiger partial charge in [0.15, 0.2) is 0 Å². The maximum atomic E-state index is 11.3. The molecule has 4 nitrogen and oxygen atoms in total. The summed E-state index contributed by atoms with van der Waals surface area (Å²) in [5, 5.41) is 10.1. The molecule has 0 aliphatic carbocycles. The third-order valence-corrected chi connectivity index (χ3v) is 6.39. The van der Waals surface area contributed by atoms with Gasteiger partial charge in [-0.15, -0.1) is 0 Å². The number of unbranched alkanes of at least 4 members (excludes halogenated alkanes) is 6. The molecular formula is C28H36O4. The maximum absolute atomic E-state index is 11.3. The average molecular weight is 437 g/mol. The zero-order valence-electron chi connectivity index (χ0n) is 19.9. The molecule has 4 heteroatoms. The van der Waals surface area contributed by atoms with Crippen molar-refractivity contribution in [1.29, 1.82) is 0 Å². The molecule has 32 heavy (non-hydrogen) atoms. The lowest BCUT2D eigenvalue weighted by atomic mass is 9.78. The molecule has 0 spiro atoms. The quantitative estimate of drug-likeness (QED) is 0.290. The van der Waals surface area contributed by atoms with Gasteiger partial charge in [0.2, 0.25) is 0 Å². The minimum atomic E-state index is -0.955. The third kappa shape index (κ3) is 5.73. The van der Waals surface area contributed by atoms with Crippen LogP contribution in [0.3, 0.4) is 0 Å². The van der Waals surface area contributed by atoms with Crippen LogP contribution in [0.5, 0.6) is 5.75 Å². The van der Waals surface area contributed by atoms with Crippen LogP contribution < -0.4 is 4.74 Å². The summed E-state index contributed by atoms with van der Waals surface area (Å²) in [6.07, 6.45) is 10.2. The van der Waals surface area contributed by atoms with E-state index in [1.165, 1.54) is 50.5 Å². The van der Waals surface area contributed by atoms with Gasteiger partial charge in [-0.25, -0.2) is 4.79 Å². The Labute approximate surface area is 191 Å². The van der Waals surface area contributed by atoms with E-state index in [9.17, 15) is 9.90 Å². The van der Waals surface area contributed by atoms with Crippen LogP contribution in [0.15, 0.2) is 46.9 Å². The largest absolute Gasteiger partial charge is 0.496 e. The van der Waals surface area contributed by atoms with Crippen molar-refractivity contribution in [2.24, 2.45) is 0 Å². The van der Waals surface area contributed by atoms with Gasteiger partial charge < -0.3 is 14.3 Å². The first-order valence-electron chi connectivity index (χ1n) is 11.8. The molecule has 0 radical (unpaired) electrons. The predicted octanol–water partition coefficient (Wildman–Crippen LogP) is 8.22. The first kappa shape index (κ1) is 23.9. The Hall–Kier alpha value is -2.75. The molecule has 3 aromatic rings. The number of carbonyl (C=O) groups is 1. The van der Waals surface area contributed by atoms with Gasteiger partial charge >= 0.3 is 5.97 Å². The van der Waals surface area contributed by atoms with Crippen molar-refractivity contribution >= 4 is 16.9 Å². The van der Waals surface area contributed by atoms with E-state index in [1.54, 1.807) is 25.3 Å². The number of hydrogen-bond acceptors (Lipinski definition) is 3. The highest BCUT2D eigenvalue weighted by Gasteiger charge is 2.25. The van der Waals surface area contributed by atoms with E-state index in [0.717, 1.165) is 28.9 Å². The Balaban J connectivity index is 1.79. The summed E-state index contributed by atoms with van der Waals surface area (Å²) < 4.78 is 11.7. The maximum Gasteiger partial charge on any atom is 0.335 e. The summed E-state index contributed by atoms with van der Waals surface area (Å²) in [6, 6.07) is 13.1. The molecule has 0 atom stereocenters. The van der Waals surface area contributed by atoms with E-state index in [1.807, 2.05) is 18.2 Å². The number of ether oxygens (including phenoxy) is 1. The van der Waals surface area contributed by atoms with Gasteiger partial charge in [0.05, 0.1) is 12.7 Å². The molecule has 0 aliphatic heterocycles. The van der Waals surface area contributed by atoms with Gasteiger partial charge in [0, 0.05) is 16.5 Å². The molecule has 0 unspecified atom stereocenters. The Morgan fingerprint density at radius 3 is 2.38 bits per heavy atom. The summed E-state index contributed by atoms with van der Waals surface area (Å²) in [5.41, 5.74) is 2.94. The second-order valence-corrected chi connectivity index (χ2v) is 9.34. The number of carboxylic acid groups (broad SMARTS) is 1. The van der Waals surface area contributed by atoms with Crippen molar-refractivity contribution in [3.05, 3.63) is 53.6 Å². The van der Waals surface area contributed by atoms with E-state index >= 15 is 0 Å². The molecule has 0 saturated heterocycles. The number of hydrogen-bond donors (Lipinski definition) is 1. The zero-order chi connectivity index (χ0) is 23.1. The minimum absolute atomic E-state index is 0.0206. The number of methoxy groups -OCH3 is 1. The standard InChI is InChI=1S/C28H36O4/c1-5-6-7-8-9-10-11-16-28(2,3)23-17-20(14-15-24(23)31-4)25-18-21-12-13-22(27(29)30)19-26(21)32-25/h12-15,17-19H,5-11,16H2,1-4H3,(H,29,30). The van der Waals surface area contributed by atoms with Crippen molar-refractivity contribution in [1.82, 2.24) is 0 Å². The van der Waals surface area contributed by atoms with E-state index in [2.05, 4.69) is 26.8 Å². The average Bonchev–Trinajstić information content (AvgIpc) is 3.21. The summed E-state index contributed by atoms with van der Waals surface area (Å²) in [7, 11) is 1.72. The molecule has 0 saturated carbocycles. The SMILES string of the molecule is CCCCCCCCCC(C)(C)c1cc(-c2cc3ccc(C(=O)O)cc3o2)ccc1OC. The Kier molecular flexibility index (Phi) is 8.00. The van der Waals surface area contributed by atoms with Crippen LogP contribution >= 0.6 is 0 Å². The van der Waals surface area contributed by atoms with Crippen LogP contribution in [0.4, 0.5) is 0 Å². The summed E-state index contributed by atoms with van der Waals surface area (Å²) in [4.78, 5) is 11.3. The normalized spacial score (nSPS) is 11.8. The summed E-state index contributed by atoms with van der Waals surface area (Å²) >= 11 is 0. The lowest BCUT2D eigenvalue weighted by Crippen LogP contribution is -2.18. The minimum Gasteiger partial charge on any atom is -0.496 e. The van der Waals surface area contributed by atoms with Crippen LogP contribution in [0.2, 0.25) is 0 Å².